The van der Waals surface area contributed by atoms with Crippen LogP contribution in [-0.2, 0) is 16.4 Å². The third-order valence-corrected chi connectivity index (χ3v) is 8.30. The smallest absolute Gasteiger partial charge is 0.244 e. The minimum absolute atomic E-state index is 0.286. The van der Waals surface area contributed by atoms with Gasteiger partial charge in [0, 0.05) is 45.5 Å². The highest BCUT2D eigenvalue weighted by atomic mass is 32.2. The molecule has 31 heavy (non-hydrogen) atoms. The van der Waals surface area contributed by atoms with Crippen LogP contribution in [0.5, 0.6) is 5.75 Å². The molecule has 2 aromatic rings. The van der Waals surface area contributed by atoms with Gasteiger partial charge < -0.3 is 14.5 Å². The number of pyridine rings is 1. The Labute approximate surface area is 185 Å². The largest absolute Gasteiger partial charge is 0.497 e. The highest BCUT2D eigenvalue weighted by Gasteiger charge is 2.28. The lowest BCUT2D eigenvalue weighted by Gasteiger charge is -2.33. The van der Waals surface area contributed by atoms with E-state index in [4.69, 9.17) is 4.74 Å². The predicted molar refractivity (Wildman–Crippen MR) is 122 cm³/mol. The second-order valence-corrected chi connectivity index (χ2v) is 10.5. The molecule has 2 aliphatic heterocycles. The molecule has 1 aromatic heterocycles. The molecule has 0 atom stereocenters. The number of anilines is 1. The molecular formula is C23H32N4O3S. The van der Waals surface area contributed by atoms with Gasteiger partial charge in [0.05, 0.1) is 7.11 Å². The first-order valence-corrected chi connectivity index (χ1v) is 12.4. The number of benzene rings is 1. The van der Waals surface area contributed by atoms with Crippen LogP contribution in [0, 0.1) is 5.92 Å². The minimum Gasteiger partial charge on any atom is -0.497 e. The number of hydrogen-bond acceptors (Lipinski definition) is 6. The van der Waals surface area contributed by atoms with E-state index in [0.717, 1.165) is 57.0 Å². The second-order valence-electron chi connectivity index (χ2n) is 8.55. The summed E-state index contributed by atoms with van der Waals surface area (Å²) >= 11 is 0. The van der Waals surface area contributed by atoms with E-state index in [9.17, 15) is 8.42 Å². The van der Waals surface area contributed by atoms with Gasteiger partial charge in [0.15, 0.2) is 0 Å². The number of aromatic nitrogens is 1. The van der Waals surface area contributed by atoms with Crippen LogP contribution in [0.25, 0.3) is 0 Å². The fraction of sp³-hybridized carbons (Fsp3) is 0.522. The van der Waals surface area contributed by atoms with E-state index in [1.54, 1.807) is 17.5 Å². The predicted octanol–water partition coefficient (Wildman–Crippen LogP) is 2.49. The lowest BCUT2D eigenvalue weighted by molar-refractivity contribution is 0.222. The summed E-state index contributed by atoms with van der Waals surface area (Å²) in [6.45, 7) is 4.45. The zero-order valence-corrected chi connectivity index (χ0v) is 19.2. The Morgan fingerprint density at radius 1 is 1.03 bits per heavy atom. The molecule has 0 spiro atoms. The van der Waals surface area contributed by atoms with Crippen molar-refractivity contribution in [2.75, 3.05) is 58.3 Å². The topological polar surface area (TPSA) is 66.0 Å². The standard InChI is InChI=1S/C23H32N4O3S/c1-25-12-14-27(15-13-25)31(28,29)22-6-7-23(24-18-22)26-10-8-19(9-11-26)16-20-4-3-5-21(17-20)30-2/h3-7,17-19H,8-16H2,1-2H3. The molecule has 3 heterocycles. The number of methoxy groups -OCH3 is 1. The fourth-order valence-electron chi connectivity index (χ4n) is 4.39. The normalized spacial score (nSPS) is 19.5. The average molecular weight is 445 g/mol. The first-order valence-electron chi connectivity index (χ1n) is 11.0. The Balaban J connectivity index is 1.34. The maximum Gasteiger partial charge on any atom is 0.244 e. The van der Waals surface area contributed by atoms with Gasteiger partial charge in [0.25, 0.3) is 0 Å². The molecule has 2 saturated heterocycles. The van der Waals surface area contributed by atoms with Crippen LogP contribution < -0.4 is 9.64 Å². The van der Waals surface area contributed by atoms with Gasteiger partial charge in [-0.1, -0.05) is 12.1 Å². The molecule has 8 heteroatoms. The van der Waals surface area contributed by atoms with E-state index in [-0.39, 0.29) is 4.90 Å². The number of likely N-dealkylation sites (N-methyl/N-ethyl adjacent to an activating group) is 1. The zero-order valence-electron chi connectivity index (χ0n) is 18.4. The monoisotopic (exact) mass is 444 g/mol. The van der Waals surface area contributed by atoms with E-state index in [1.807, 2.05) is 25.2 Å². The molecule has 4 rings (SSSR count). The van der Waals surface area contributed by atoms with Gasteiger partial charge in [0.2, 0.25) is 10.0 Å². The average Bonchev–Trinajstić information content (AvgIpc) is 2.80. The molecule has 0 radical (unpaired) electrons. The van der Waals surface area contributed by atoms with Crippen LogP contribution in [0.1, 0.15) is 18.4 Å². The second kappa shape index (κ2) is 9.54. The Morgan fingerprint density at radius 2 is 1.77 bits per heavy atom. The van der Waals surface area contributed by atoms with Gasteiger partial charge in [-0.3, -0.25) is 0 Å². The van der Waals surface area contributed by atoms with E-state index in [2.05, 4.69) is 26.9 Å². The molecule has 1 aromatic carbocycles. The molecule has 0 amide bonds. The van der Waals surface area contributed by atoms with Gasteiger partial charge in [-0.05, 0) is 62.1 Å². The van der Waals surface area contributed by atoms with Crippen LogP contribution in [0.15, 0.2) is 47.5 Å². The molecule has 2 fully saturated rings. The number of nitrogens with zero attached hydrogens (tertiary/aromatic N) is 4. The van der Waals surface area contributed by atoms with E-state index in [0.29, 0.717) is 19.0 Å². The fourth-order valence-corrected chi connectivity index (χ4v) is 5.76. The third kappa shape index (κ3) is 5.19. The van der Waals surface area contributed by atoms with Crippen molar-refractivity contribution < 1.29 is 13.2 Å². The summed E-state index contributed by atoms with van der Waals surface area (Å²) in [4.78, 5) is 9.19. The summed E-state index contributed by atoms with van der Waals surface area (Å²) in [6, 6.07) is 11.9. The molecule has 2 aliphatic rings. The van der Waals surface area contributed by atoms with Crippen LogP contribution in [-0.4, -0.2) is 76.0 Å². The first-order chi connectivity index (χ1) is 15.0. The van der Waals surface area contributed by atoms with Crippen molar-refractivity contribution in [1.82, 2.24) is 14.2 Å². The van der Waals surface area contributed by atoms with E-state index in [1.165, 1.54) is 11.8 Å². The maximum absolute atomic E-state index is 12.9. The zero-order chi connectivity index (χ0) is 21.8. The summed E-state index contributed by atoms with van der Waals surface area (Å²) in [5, 5.41) is 0. The summed E-state index contributed by atoms with van der Waals surface area (Å²) in [5.41, 5.74) is 1.31. The van der Waals surface area contributed by atoms with Crippen LogP contribution in [0.2, 0.25) is 0 Å². The van der Waals surface area contributed by atoms with Gasteiger partial charge >= 0.3 is 0 Å². The van der Waals surface area contributed by atoms with Crippen molar-refractivity contribution in [3.05, 3.63) is 48.2 Å². The van der Waals surface area contributed by atoms with Crippen molar-refractivity contribution >= 4 is 15.8 Å². The third-order valence-electron chi connectivity index (χ3n) is 6.42. The molecule has 0 saturated carbocycles. The highest BCUT2D eigenvalue weighted by molar-refractivity contribution is 7.89. The van der Waals surface area contributed by atoms with Crippen LogP contribution in [0.3, 0.4) is 0 Å². The van der Waals surface area contributed by atoms with Crippen molar-refractivity contribution in [2.24, 2.45) is 5.92 Å². The lowest BCUT2D eigenvalue weighted by Crippen LogP contribution is -2.47. The number of piperazine rings is 1. The highest BCUT2D eigenvalue weighted by Crippen LogP contribution is 2.27. The van der Waals surface area contributed by atoms with Gasteiger partial charge in [-0.25, -0.2) is 13.4 Å². The Kier molecular flexibility index (Phi) is 6.79. The number of sulfonamides is 1. The molecule has 0 aliphatic carbocycles. The van der Waals surface area contributed by atoms with E-state index < -0.39 is 10.0 Å². The molecule has 0 unspecified atom stereocenters. The number of piperidine rings is 1. The van der Waals surface area contributed by atoms with Crippen molar-refractivity contribution in [2.45, 2.75) is 24.2 Å². The van der Waals surface area contributed by atoms with Crippen LogP contribution in [0.4, 0.5) is 5.82 Å². The Bertz CT molecular complexity index is 965. The van der Waals surface area contributed by atoms with Crippen molar-refractivity contribution in [3.63, 3.8) is 0 Å². The molecule has 0 bridgehead atoms. The number of ether oxygens (including phenoxy) is 1. The molecular weight excluding hydrogens is 412 g/mol. The minimum atomic E-state index is -3.47. The Hall–Kier alpha value is -2.16. The molecule has 0 N–H and O–H groups in total. The SMILES string of the molecule is COc1cccc(CC2CCN(c3ccc(S(=O)(=O)N4CCN(C)CC4)cn3)CC2)c1. The number of hydrogen-bond donors (Lipinski definition) is 0. The molecule has 7 nitrogen and oxygen atoms in total. The maximum atomic E-state index is 12.9. The van der Waals surface area contributed by atoms with Crippen LogP contribution >= 0.6 is 0 Å². The molecule has 168 valence electrons. The lowest BCUT2D eigenvalue weighted by atomic mass is 9.90. The van der Waals surface area contributed by atoms with Gasteiger partial charge in [-0.15, -0.1) is 0 Å². The van der Waals surface area contributed by atoms with Gasteiger partial charge in [-0.2, -0.15) is 4.31 Å². The van der Waals surface area contributed by atoms with Crippen molar-refractivity contribution in [1.29, 1.82) is 0 Å². The first kappa shape index (κ1) is 22.0. The summed E-state index contributed by atoms with van der Waals surface area (Å²) < 4.78 is 32.7. The quantitative estimate of drug-likeness (QED) is 0.682. The van der Waals surface area contributed by atoms with Crippen molar-refractivity contribution in [3.8, 4) is 5.75 Å². The van der Waals surface area contributed by atoms with Gasteiger partial charge in [0.1, 0.15) is 16.5 Å². The summed E-state index contributed by atoms with van der Waals surface area (Å²) in [7, 11) is 0.248. The number of rotatable bonds is 6. The summed E-state index contributed by atoms with van der Waals surface area (Å²) in [6.07, 6.45) is 4.77. The van der Waals surface area contributed by atoms with E-state index >= 15 is 0 Å². The summed E-state index contributed by atoms with van der Waals surface area (Å²) in [5.74, 6) is 2.41. The Morgan fingerprint density at radius 3 is 2.42 bits per heavy atom.